The topological polar surface area (TPSA) is 20.2 Å². The van der Waals surface area contributed by atoms with E-state index in [1.165, 1.54) is 16.3 Å². The second kappa shape index (κ2) is 5.36. The van der Waals surface area contributed by atoms with Crippen molar-refractivity contribution in [1.29, 1.82) is 0 Å². The molecule has 0 aromatic heterocycles. The van der Waals surface area contributed by atoms with Crippen molar-refractivity contribution in [2.45, 2.75) is 26.9 Å². The normalized spacial score (nSPS) is 14.2. The zero-order valence-electron chi connectivity index (χ0n) is 11.2. The number of hydrogen-bond acceptors (Lipinski definition) is 1. The molecule has 2 aromatic rings. The van der Waals surface area contributed by atoms with Gasteiger partial charge in [0.25, 0.3) is 0 Å². The van der Waals surface area contributed by atoms with Crippen LogP contribution in [0.25, 0.3) is 16.8 Å². The molecule has 0 saturated carbocycles. The van der Waals surface area contributed by atoms with E-state index >= 15 is 0 Å². The number of rotatable bonds is 3. The van der Waals surface area contributed by atoms with Crippen molar-refractivity contribution in [2.75, 3.05) is 0 Å². The molecule has 1 N–H and O–H groups in total. The highest BCUT2D eigenvalue weighted by Gasteiger charge is 2.11. The zero-order valence-corrected chi connectivity index (χ0v) is 11.2. The van der Waals surface area contributed by atoms with Gasteiger partial charge in [0.1, 0.15) is 0 Å². The minimum absolute atomic E-state index is 0.247. The van der Waals surface area contributed by atoms with Gasteiger partial charge in [-0.15, -0.1) is 0 Å². The van der Waals surface area contributed by atoms with Crippen LogP contribution in [0.4, 0.5) is 0 Å². The molecule has 2 rings (SSSR count). The summed E-state index contributed by atoms with van der Waals surface area (Å²) in [5, 5.41) is 12.5. The lowest BCUT2D eigenvalue weighted by Gasteiger charge is -2.15. The molecule has 0 amide bonds. The Bertz CT molecular complexity index is 561. The summed E-state index contributed by atoms with van der Waals surface area (Å²) in [6.07, 6.45) is 1.72. The van der Waals surface area contributed by atoms with Crippen molar-refractivity contribution >= 4 is 16.8 Å². The second-order valence-corrected chi connectivity index (χ2v) is 5.15. The standard InChI is InChI=1S/C17H20O/c1-12(2)17(18)13(3)11-15-9-6-8-14-7-4-5-10-16(14)15/h4-12,17-18H,1-3H3/b13-11+/t17-/m1/s1. The van der Waals surface area contributed by atoms with Crippen molar-refractivity contribution in [3.8, 4) is 0 Å². The van der Waals surface area contributed by atoms with Crippen LogP contribution in [-0.2, 0) is 0 Å². The molecule has 1 nitrogen and oxygen atoms in total. The number of fused-ring (bicyclic) bond motifs is 1. The van der Waals surface area contributed by atoms with Crippen LogP contribution in [0.3, 0.4) is 0 Å². The van der Waals surface area contributed by atoms with Gasteiger partial charge in [0.2, 0.25) is 0 Å². The molecule has 0 heterocycles. The Kier molecular flexibility index (Phi) is 3.83. The Morgan fingerprint density at radius 1 is 1.06 bits per heavy atom. The Balaban J connectivity index is 2.46. The van der Waals surface area contributed by atoms with Crippen LogP contribution >= 0.6 is 0 Å². The Hall–Kier alpha value is -1.60. The van der Waals surface area contributed by atoms with Gasteiger partial charge in [0.15, 0.2) is 0 Å². The number of hydrogen-bond donors (Lipinski definition) is 1. The van der Waals surface area contributed by atoms with Gasteiger partial charge >= 0.3 is 0 Å². The molecule has 2 aromatic carbocycles. The van der Waals surface area contributed by atoms with E-state index in [4.69, 9.17) is 0 Å². The zero-order chi connectivity index (χ0) is 13.1. The first kappa shape index (κ1) is 12.8. The van der Waals surface area contributed by atoms with Crippen LogP contribution in [0.15, 0.2) is 48.0 Å². The molecule has 0 spiro atoms. The summed E-state index contributed by atoms with van der Waals surface area (Å²) in [6.45, 7) is 6.06. The molecule has 1 heteroatoms. The Morgan fingerprint density at radius 2 is 1.72 bits per heavy atom. The molecule has 0 aliphatic heterocycles. The van der Waals surface area contributed by atoms with Crippen molar-refractivity contribution in [3.05, 3.63) is 53.6 Å². The van der Waals surface area contributed by atoms with E-state index in [0.717, 1.165) is 5.57 Å². The fourth-order valence-electron chi connectivity index (χ4n) is 2.23. The predicted octanol–water partition coefficient (Wildman–Crippen LogP) is 4.26. The van der Waals surface area contributed by atoms with E-state index in [2.05, 4.69) is 36.4 Å². The fourth-order valence-corrected chi connectivity index (χ4v) is 2.23. The first-order valence-electron chi connectivity index (χ1n) is 6.43. The van der Waals surface area contributed by atoms with Gasteiger partial charge in [-0.05, 0) is 34.8 Å². The average Bonchev–Trinajstić information content (AvgIpc) is 2.38. The van der Waals surface area contributed by atoms with Gasteiger partial charge in [-0.2, -0.15) is 0 Å². The van der Waals surface area contributed by atoms with Crippen LogP contribution in [0.1, 0.15) is 26.3 Å². The maximum absolute atomic E-state index is 10.1. The first-order chi connectivity index (χ1) is 8.59. The quantitative estimate of drug-likeness (QED) is 0.850. The third-order valence-corrected chi connectivity index (χ3v) is 3.30. The summed E-state index contributed by atoms with van der Waals surface area (Å²) in [6, 6.07) is 14.6. The minimum Gasteiger partial charge on any atom is -0.388 e. The smallest absolute Gasteiger partial charge is 0.0773 e. The monoisotopic (exact) mass is 240 g/mol. The van der Waals surface area contributed by atoms with Gasteiger partial charge in [-0.25, -0.2) is 0 Å². The molecule has 0 radical (unpaired) electrons. The van der Waals surface area contributed by atoms with Crippen LogP contribution in [-0.4, -0.2) is 11.2 Å². The molecule has 0 unspecified atom stereocenters. The van der Waals surface area contributed by atoms with Crippen LogP contribution in [0.5, 0.6) is 0 Å². The molecule has 0 fully saturated rings. The molecule has 0 bridgehead atoms. The largest absolute Gasteiger partial charge is 0.388 e. The van der Waals surface area contributed by atoms with E-state index in [1.807, 2.05) is 32.9 Å². The van der Waals surface area contributed by atoms with Crippen LogP contribution in [0, 0.1) is 5.92 Å². The number of benzene rings is 2. The van der Waals surface area contributed by atoms with E-state index < -0.39 is 0 Å². The predicted molar refractivity (Wildman–Crippen MR) is 78.4 cm³/mol. The molecular weight excluding hydrogens is 220 g/mol. The number of aliphatic hydroxyl groups excluding tert-OH is 1. The van der Waals surface area contributed by atoms with E-state index in [1.54, 1.807) is 0 Å². The summed E-state index contributed by atoms with van der Waals surface area (Å²) >= 11 is 0. The van der Waals surface area contributed by atoms with E-state index in [0.29, 0.717) is 0 Å². The Morgan fingerprint density at radius 3 is 2.44 bits per heavy atom. The van der Waals surface area contributed by atoms with Crippen molar-refractivity contribution < 1.29 is 5.11 Å². The highest BCUT2D eigenvalue weighted by atomic mass is 16.3. The summed E-state index contributed by atoms with van der Waals surface area (Å²) in [7, 11) is 0. The van der Waals surface area contributed by atoms with Crippen LogP contribution < -0.4 is 0 Å². The van der Waals surface area contributed by atoms with E-state index in [9.17, 15) is 5.11 Å². The van der Waals surface area contributed by atoms with Crippen molar-refractivity contribution in [3.63, 3.8) is 0 Å². The van der Waals surface area contributed by atoms with Crippen molar-refractivity contribution in [1.82, 2.24) is 0 Å². The lowest BCUT2D eigenvalue weighted by Crippen LogP contribution is -2.15. The SMILES string of the molecule is C/C(=C\c1cccc2ccccc12)[C@H](O)C(C)C. The average molecular weight is 240 g/mol. The van der Waals surface area contributed by atoms with Gasteiger partial charge in [0.05, 0.1) is 6.10 Å². The fraction of sp³-hybridized carbons (Fsp3) is 0.294. The van der Waals surface area contributed by atoms with Gasteiger partial charge < -0.3 is 5.11 Å². The molecule has 0 saturated heterocycles. The number of aliphatic hydroxyl groups is 1. The lowest BCUT2D eigenvalue weighted by atomic mass is 9.96. The maximum atomic E-state index is 10.1. The van der Waals surface area contributed by atoms with Gasteiger partial charge in [-0.1, -0.05) is 62.4 Å². The molecule has 0 aliphatic carbocycles. The highest BCUT2D eigenvalue weighted by molar-refractivity contribution is 5.90. The highest BCUT2D eigenvalue weighted by Crippen LogP contribution is 2.22. The second-order valence-electron chi connectivity index (χ2n) is 5.15. The molecule has 0 aliphatic rings. The summed E-state index contributed by atoms with van der Waals surface area (Å²) < 4.78 is 0. The van der Waals surface area contributed by atoms with Gasteiger partial charge in [-0.3, -0.25) is 0 Å². The third-order valence-electron chi connectivity index (χ3n) is 3.30. The van der Waals surface area contributed by atoms with E-state index in [-0.39, 0.29) is 12.0 Å². The Labute approximate surface area is 109 Å². The summed E-state index contributed by atoms with van der Waals surface area (Å²) in [5.41, 5.74) is 2.19. The third kappa shape index (κ3) is 2.62. The molecule has 18 heavy (non-hydrogen) atoms. The first-order valence-corrected chi connectivity index (χ1v) is 6.43. The van der Waals surface area contributed by atoms with Crippen molar-refractivity contribution in [2.24, 2.45) is 5.92 Å². The summed E-state index contributed by atoms with van der Waals surface area (Å²) in [4.78, 5) is 0. The maximum Gasteiger partial charge on any atom is 0.0773 e. The van der Waals surface area contributed by atoms with Crippen LogP contribution in [0.2, 0.25) is 0 Å². The molecular formula is C17H20O. The minimum atomic E-state index is -0.371. The van der Waals surface area contributed by atoms with Gasteiger partial charge in [0, 0.05) is 0 Å². The molecule has 94 valence electrons. The summed E-state index contributed by atoms with van der Waals surface area (Å²) in [5.74, 6) is 0.247. The molecule has 1 atom stereocenters. The lowest BCUT2D eigenvalue weighted by molar-refractivity contribution is 0.161.